The Morgan fingerprint density at radius 1 is 1.07 bits per heavy atom. The van der Waals surface area contributed by atoms with Crippen LogP contribution in [0.25, 0.3) is 0 Å². The van der Waals surface area contributed by atoms with Crippen molar-refractivity contribution in [1.82, 2.24) is 15.5 Å². The zero-order valence-electron chi connectivity index (χ0n) is 16.6. The monoisotopic (exact) mass is 411 g/mol. The average Bonchev–Trinajstić information content (AvgIpc) is 3.20. The lowest BCUT2D eigenvalue weighted by Crippen LogP contribution is -2.50. The predicted molar refractivity (Wildman–Crippen MR) is 103 cm³/mol. The number of nitrogens with zero attached hydrogens (tertiary/aromatic N) is 1. The molecule has 1 aromatic rings. The minimum absolute atomic E-state index is 0.0104. The van der Waals surface area contributed by atoms with Crippen LogP contribution in [0.3, 0.4) is 0 Å². The molecular formula is C21H28F3N3O2. The molecule has 5 nitrogen and oxygen atoms in total. The molecule has 0 aromatic heterocycles. The minimum Gasteiger partial charge on any atom is -0.343 e. The summed E-state index contributed by atoms with van der Waals surface area (Å²) in [4.78, 5) is 25.8. The topological polar surface area (TPSA) is 61.4 Å². The van der Waals surface area contributed by atoms with Crippen LogP contribution in [0.2, 0.25) is 0 Å². The number of halogens is 3. The summed E-state index contributed by atoms with van der Waals surface area (Å²) in [6, 6.07) is 4.30. The van der Waals surface area contributed by atoms with Crippen LogP contribution in [0.15, 0.2) is 24.3 Å². The molecule has 1 saturated heterocycles. The zero-order chi connectivity index (χ0) is 21.0. The SMILES string of the molecule is CC(=O)N1CCC(NC(=O)NC(c2ccccc2C(F)(F)F)C2CCCC2)CC1. The Morgan fingerprint density at radius 3 is 2.28 bits per heavy atom. The maximum Gasteiger partial charge on any atom is 0.416 e. The van der Waals surface area contributed by atoms with Gasteiger partial charge in [0.25, 0.3) is 0 Å². The average molecular weight is 411 g/mol. The molecule has 0 bridgehead atoms. The van der Waals surface area contributed by atoms with Crippen LogP contribution < -0.4 is 10.6 Å². The summed E-state index contributed by atoms with van der Waals surface area (Å²) in [5.41, 5.74) is -0.555. The molecule has 2 aliphatic rings. The molecule has 3 rings (SSSR count). The molecule has 1 atom stereocenters. The van der Waals surface area contributed by atoms with Crippen LogP contribution >= 0.6 is 0 Å². The van der Waals surface area contributed by atoms with Gasteiger partial charge in [-0.15, -0.1) is 0 Å². The summed E-state index contributed by atoms with van der Waals surface area (Å²) in [6.45, 7) is 2.66. The van der Waals surface area contributed by atoms with Gasteiger partial charge >= 0.3 is 12.2 Å². The molecule has 160 valence electrons. The van der Waals surface area contributed by atoms with Gasteiger partial charge in [0.15, 0.2) is 0 Å². The van der Waals surface area contributed by atoms with Gasteiger partial charge in [-0.05, 0) is 43.2 Å². The number of piperidine rings is 1. The summed E-state index contributed by atoms with van der Waals surface area (Å²) >= 11 is 0. The summed E-state index contributed by atoms with van der Waals surface area (Å²) in [5.74, 6) is 0.00164. The largest absolute Gasteiger partial charge is 0.416 e. The minimum atomic E-state index is -4.47. The van der Waals surface area contributed by atoms with E-state index in [2.05, 4.69) is 10.6 Å². The van der Waals surface area contributed by atoms with Gasteiger partial charge < -0.3 is 15.5 Å². The van der Waals surface area contributed by atoms with Crippen molar-refractivity contribution in [3.05, 3.63) is 35.4 Å². The third-order valence-corrected chi connectivity index (χ3v) is 6.03. The van der Waals surface area contributed by atoms with Crippen molar-refractivity contribution < 1.29 is 22.8 Å². The van der Waals surface area contributed by atoms with Gasteiger partial charge in [0.2, 0.25) is 5.91 Å². The molecule has 29 heavy (non-hydrogen) atoms. The van der Waals surface area contributed by atoms with E-state index >= 15 is 0 Å². The number of hydrogen-bond donors (Lipinski definition) is 2. The van der Waals surface area contributed by atoms with E-state index in [1.807, 2.05) is 0 Å². The van der Waals surface area contributed by atoms with E-state index in [1.54, 1.807) is 11.0 Å². The third kappa shape index (κ3) is 5.42. The number of amides is 3. The van der Waals surface area contributed by atoms with Crippen LogP contribution in [0.1, 0.15) is 62.6 Å². The van der Waals surface area contributed by atoms with Gasteiger partial charge in [-0.1, -0.05) is 31.0 Å². The Labute approximate surface area is 169 Å². The number of carbonyl (C=O) groups excluding carboxylic acids is 2. The van der Waals surface area contributed by atoms with E-state index in [0.29, 0.717) is 25.9 Å². The van der Waals surface area contributed by atoms with Crippen molar-refractivity contribution in [2.45, 2.75) is 63.7 Å². The Morgan fingerprint density at radius 2 is 1.69 bits per heavy atom. The first-order valence-corrected chi connectivity index (χ1v) is 10.2. The highest BCUT2D eigenvalue weighted by molar-refractivity contribution is 5.75. The lowest BCUT2D eigenvalue weighted by atomic mass is 9.88. The first kappa shape index (κ1) is 21.5. The summed E-state index contributed by atoms with van der Waals surface area (Å²) in [7, 11) is 0. The van der Waals surface area contributed by atoms with Gasteiger partial charge in [-0.2, -0.15) is 13.2 Å². The number of rotatable bonds is 4. The molecule has 3 amide bonds. The summed E-state index contributed by atoms with van der Waals surface area (Å²) in [5, 5.41) is 5.73. The van der Waals surface area contributed by atoms with Crippen LogP contribution in [0.4, 0.5) is 18.0 Å². The molecule has 0 radical (unpaired) electrons. The molecule has 2 fully saturated rings. The first-order chi connectivity index (χ1) is 13.8. The second-order valence-electron chi connectivity index (χ2n) is 8.01. The molecule has 8 heteroatoms. The predicted octanol–water partition coefficient (Wildman–Crippen LogP) is 4.25. The molecular weight excluding hydrogens is 383 g/mol. The molecule has 1 aromatic carbocycles. The lowest BCUT2D eigenvalue weighted by molar-refractivity contribution is -0.138. The normalized spacial score (nSPS) is 19.8. The van der Waals surface area contributed by atoms with Gasteiger partial charge in [-0.25, -0.2) is 4.79 Å². The maximum absolute atomic E-state index is 13.5. The third-order valence-electron chi connectivity index (χ3n) is 6.03. The van der Waals surface area contributed by atoms with Gasteiger partial charge in [0.1, 0.15) is 0 Å². The summed E-state index contributed by atoms with van der Waals surface area (Å²) in [6.07, 6.45) is 0.332. The number of alkyl halides is 3. The van der Waals surface area contributed by atoms with E-state index < -0.39 is 23.8 Å². The molecule has 1 aliphatic heterocycles. The molecule has 1 unspecified atom stereocenters. The van der Waals surface area contributed by atoms with Crippen molar-refractivity contribution in [3.63, 3.8) is 0 Å². The molecule has 1 heterocycles. The zero-order valence-corrected chi connectivity index (χ0v) is 16.6. The van der Waals surface area contributed by atoms with Crippen LogP contribution in [0, 0.1) is 5.92 Å². The van der Waals surface area contributed by atoms with E-state index in [0.717, 1.165) is 31.7 Å². The molecule has 2 N–H and O–H groups in total. The van der Waals surface area contributed by atoms with E-state index in [9.17, 15) is 22.8 Å². The fourth-order valence-corrected chi connectivity index (χ4v) is 4.47. The Bertz CT molecular complexity index is 724. The van der Waals surface area contributed by atoms with Gasteiger partial charge in [0, 0.05) is 26.1 Å². The second kappa shape index (κ2) is 9.05. The van der Waals surface area contributed by atoms with Crippen molar-refractivity contribution in [3.8, 4) is 0 Å². The van der Waals surface area contributed by atoms with Crippen molar-refractivity contribution in [1.29, 1.82) is 0 Å². The Hall–Kier alpha value is -2.25. The highest BCUT2D eigenvalue weighted by atomic mass is 19.4. The smallest absolute Gasteiger partial charge is 0.343 e. The highest BCUT2D eigenvalue weighted by Crippen LogP contribution is 2.41. The quantitative estimate of drug-likeness (QED) is 0.778. The standard InChI is InChI=1S/C21H28F3N3O2/c1-14(28)27-12-10-16(11-13-27)25-20(29)26-19(15-6-2-3-7-15)17-8-4-5-9-18(17)21(22,23)24/h4-5,8-9,15-16,19H,2-3,6-7,10-13H2,1H3,(H2,25,26,29). The fourth-order valence-electron chi connectivity index (χ4n) is 4.47. The number of nitrogens with one attached hydrogen (secondary N) is 2. The Balaban J connectivity index is 1.71. The molecule has 1 aliphatic carbocycles. The van der Waals surface area contributed by atoms with E-state index in [4.69, 9.17) is 0 Å². The fraction of sp³-hybridized carbons (Fsp3) is 0.619. The van der Waals surface area contributed by atoms with Crippen LogP contribution in [0.5, 0.6) is 0 Å². The number of urea groups is 1. The van der Waals surface area contributed by atoms with Crippen LogP contribution in [-0.2, 0) is 11.0 Å². The van der Waals surface area contributed by atoms with Gasteiger partial charge in [0.05, 0.1) is 11.6 Å². The lowest BCUT2D eigenvalue weighted by Gasteiger charge is -2.33. The van der Waals surface area contributed by atoms with Gasteiger partial charge in [-0.3, -0.25) is 4.79 Å². The number of carbonyl (C=O) groups is 2. The van der Waals surface area contributed by atoms with Crippen molar-refractivity contribution in [2.75, 3.05) is 13.1 Å². The number of benzene rings is 1. The van der Waals surface area contributed by atoms with Crippen LogP contribution in [-0.4, -0.2) is 36.0 Å². The number of likely N-dealkylation sites (tertiary alicyclic amines) is 1. The Kier molecular flexibility index (Phi) is 6.70. The first-order valence-electron chi connectivity index (χ1n) is 10.2. The summed E-state index contributed by atoms with van der Waals surface area (Å²) < 4.78 is 40.6. The van der Waals surface area contributed by atoms with E-state index in [1.165, 1.54) is 19.1 Å². The van der Waals surface area contributed by atoms with Crippen molar-refractivity contribution >= 4 is 11.9 Å². The van der Waals surface area contributed by atoms with Crippen molar-refractivity contribution in [2.24, 2.45) is 5.92 Å². The van der Waals surface area contributed by atoms with E-state index in [-0.39, 0.29) is 23.4 Å². The highest BCUT2D eigenvalue weighted by Gasteiger charge is 2.38. The molecule has 1 saturated carbocycles. The maximum atomic E-state index is 13.5. The number of hydrogen-bond acceptors (Lipinski definition) is 2. The second-order valence-corrected chi connectivity index (χ2v) is 8.01. The molecule has 0 spiro atoms.